The molecule has 8 heteroatoms. The average Bonchev–Trinajstić information content (AvgIpc) is 2.90. The lowest BCUT2D eigenvalue weighted by Gasteiger charge is -2.19. The van der Waals surface area contributed by atoms with E-state index in [1.807, 2.05) is 0 Å². The molecule has 0 fully saturated rings. The topological polar surface area (TPSA) is 97.4 Å². The number of rotatable bonds is 10. The van der Waals surface area contributed by atoms with Gasteiger partial charge in [-0.3, -0.25) is 0 Å². The molecule has 0 unspecified atom stereocenters. The van der Waals surface area contributed by atoms with Crippen LogP contribution in [0.3, 0.4) is 0 Å². The first-order chi connectivity index (χ1) is 16.5. The van der Waals surface area contributed by atoms with Crippen molar-refractivity contribution in [1.82, 2.24) is 0 Å². The van der Waals surface area contributed by atoms with E-state index >= 15 is 0 Å². The number of carbonyl (C=O) groups is 3. The number of benzene rings is 3. The van der Waals surface area contributed by atoms with Crippen LogP contribution in [0.25, 0.3) is 0 Å². The Morgan fingerprint density at radius 1 is 0.618 bits per heavy atom. The molecule has 0 atom stereocenters. The van der Waals surface area contributed by atoms with Crippen LogP contribution in [0.2, 0.25) is 0 Å². The van der Waals surface area contributed by atoms with Crippen molar-refractivity contribution in [2.45, 2.75) is 6.10 Å². The molecule has 3 aromatic rings. The Bertz CT molecular complexity index is 1030. The van der Waals surface area contributed by atoms with Crippen molar-refractivity contribution in [3.63, 3.8) is 0 Å². The Labute approximate surface area is 197 Å². The van der Waals surface area contributed by atoms with Crippen LogP contribution in [0.1, 0.15) is 31.1 Å². The minimum Gasteiger partial charge on any atom is -0.496 e. The summed E-state index contributed by atoms with van der Waals surface area (Å²) in [7, 11) is 2.82. The molecule has 0 heterocycles. The van der Waals surface area contributed by atoms with Gasteiger partial charge in [0.05, 0.1) is 25.3 Å². The van der Waals surface area contributed by atoms with Crippen molar-refractivity contribution in [2.75, 3.05) is 27.4 Å². The van der Waals surface area contributed by atoms with Crippen LogP contribution in [0, 0.1) is 0 Å². The molecule has 0 aliphatic rings. The molecular weight excluding hydrogens is 440 g/mol. The number of ether oxygens (including phenoxy) is 5. The number of carbonyl (C=O) groups excluding carboxylic acids is 3. The van der Waals surface area contributed by atoms with Crippen LogP contribution in [-0.2, 0) is 14.2 Å². The summed E-state index contributed by atoms with van der Waals surface area (Å²) in [6.07, 6.45) is -1.08. The zero-order chi connectivity index (χ0) is 24.3. The summed E-state index contributed by atoms with van der Waals surface area (Å²) in [5, 5.41) is 0. The highest BCUT2D eigenvalue weighted by atomic mass is 16.6. The smallest absolute Gasteiger partial charge is 0.346 e. The molecule has 0 radical (unpaired) electrons. The Balaban J connectivity index is 1.74. The normalized spacial score (nSPS) is 10.3. The lowest BCUT2D eigenvalue weighted by atomic mass is 10.1. The van der Waals surface area contributed by atoms with Crippen molar-refractivity contribution >= 4 is 17.9 Å². The van der Waals surface area contributed by atoms with Crippen molar-refractivity contribution in [3.05, 3.63) is 95.6 Å². The Morgan fingerprint density at radius 2 is 1.06 bits per heavy atom. The fourth-order valence-corrected chi connectivity index (χ4v) is 3.03. The van der Waals surface area contributed by atoms with Crippen molar-refractivity contribution < 1.29 is 38.1 Å². The minimum absolute atomic E-state index is 0.0567. The molecule has 0 aliphatic carbocycles. The van der Waals surface area contributed by atoms with Crippen LogP contribution in [0.15, 0.2) is 78.9 Å². The molecule has 176 valence electrons. The fourth-order valence-electron chi connectivity index (χ4n) is 3.03. The van der Waals surface area contributed by atoms with E-state index in [2.05, 4.69) is 0 Å². The minimum atomic E-state index is -1.08. The first-order valence-corrected chi connectivity index (χ1v) is 10.4. The maximum absolute atomic E-state index is 13.0. The Morgan fingerprint density at radius 3 is 1.47 bits per heavy atom. The van der Waals surface area contributed by atoms with Gasteiger partial charge in [0, 0.05) is 0 Å². The molecule has 0 bridgehead atoms. The van der Waals surface area contributed by atoms with Gasteiger partial charge >= 0.3 is 17.9 Å². The van der Waals surface area contributed by atoms with Crippen molar-refractivity contribution in [2.24, 2.45) is 0 Å². The molecule has 34 heavy (non-hydrogen) atoms. The van der Waals surface area contributed by atoms with E-state index in [4.69, 9.17) is 23.7 Å². The molecule has 3 aromatic carbocycles. The second-order valence-electron chi connectivity index (χ2n) is 6.99. The van der Waals surface area contributed by atoms with Gasteiger partial charge in [0.1, 0.15) is 30.3 Å². The largest absolute Gasteiger partial charge is 0.496 e. The van der Waals surface area contributed by atoms with Crippen LogP contribution in [0.5, 0.6) is 11.5 Å². The SMILES string of the molecule is COc1cccc(OC)c1C(=O)OC(COC(=O)c1ccccc1)COC(=O)c1ccccc1. The molecule has 0 saturated carbocycles. The summed E-state index contributed by atoms with van der Waals surface area (Å²) in [6.45, 7) is -0.669. The molecule has 0 spiro atoms. The van der Waals surface area contributed by atoms with Gasteiger partial charge in [-0.25, -0.2) is 14.4 Å². The van der Waals surface area contributed by atoms with Crippen LogP contribution in [-0.4, -0.2) is 51.4 Å². The zero-order valence-electron chi connectivity index (χ0n) is 18.8. The second-order valence-corrected chi connectivity index (χ2v) is 6.99. The van der Waals surface area contributed by atoms with E-state index in [1.165, 1.54) is 14.2 Å². The Kier molecular flexibility index (Phi) is 8.62. The van der Waals surface area contributed by atoms with E-state index in [0.29, 0.717) is 11.1 Å². The van der Waals surface area contributed by atoms with Gasteiger partial charge in [-0.15, -0.1) is 0 Å². The number of hydrogen-bond donors (Lipinski definition) is 0. The monoisotopic (exact) mass is 464 g/mol. The molecule has 0 aliphatic heterocycles. The summed E-state index contributed by atoms with van der Waals surface area (Å²) in [5.41, 5.74) is 0.724. The third kappa shape index (κ3) is 6.35. The van der Waals surface area contributed by atoms with E-state index < -0.39 is 24.0 Å². The predicted molar refractivity (Wildman–Crippen MR) is 122 cm³/mol. The van der Waals surface area contributed by atoms with Gasteiger partial charge in [-0.2, -0.15) is 0 Å². The van der Waals surface area contributed by atoms with E-state index in [-0.39, 0.29) is 30.3 Å². The number of methoxy groups -OCH3 is 2. The van der Waals surface area contributed by atoms with Gasteiger partial charge in [-0.1, -0.05) is 42.5 Å². The zero-order valence-corrected chi connectivity index (χ0v) is 18.8. The van der Waals surface area contributed by atoms with Gasteiger partial charge in [-0.05, 0) is 36.4 Å². The van der Waals surface area contributed by atoms with Crippen molar-refractivity contribution in [3.8, 4) is 11.5 Å². The predicted octanol–water partition coefficient (Wildman–Crippen LogP) is 3.94. The molecule has 3 rings (SSSR count). The molecule has 0 saturated heterocycles. The molecule has 0 amide bonds. The van der Waals surface area contributed by atoms with E-state index in [0.717, 1.165) is 0 Å². The number of hydrogen-bond acceptors (Lipinski definition) is 8. The van der Waals surface area contributed by atoms with Crippen LogP contribution < -0.4 is 9.47 Å². The summed E-state index contributed by atoms with van der Waals surface area (Å²) in [5.74, 6) is -1.51. The summed E-state index contributed by atoms with van der Waals surface area (Å²) in [4.78, 5) is 37.7. The molecule has 8 nitrogen and oxygen atoms in total. The summed E-state index contributed by atoms with van der Waals surface area (Å²) in [6, 6.07) is 21.5. The standard InChI is InChI=1S/C26H24O8/c1-30-21-14-9-15-22(31-2)23(21)26(29)34-20(16-32-24(27)18-10-5-3-6-11-18)17-33-25(28)19-12-7-4-8-13-19/h3-15,20H,16-17H2,1-2H3. The lowest BCUT2D eigenvalue weighted by molar-refractivity contribution is -0.0256. The lowest BCUT2D eigenvalue weighted by Crippen LogP contribution is -2.31. The van der Waals surface area contributed by atoms with Gasteiger partial charge < -0.3 is 23.7 Å². The summed E-state index contributed by atoms with van der Waals surface area (Å²) < 4.78 is 26.7. The van der Waals surface area contributed by atoms with E-state index in [1.54, 1.807) is 78.9 Å². The van der Waals surface area contributed by atoms with Gasteiger partial charge in [0.25, 0.3) is 0 Å². The van der Waals surface area contributed by atoms with E-state index in [9.17, 15) is 14.4 Å². The van der Waals surface area contributed by atoms with Crippen LogP contribution in [0.4, 0.5) is 0 Å². The first kappa shape index (κ1) is 24.3. The highest BCUT2D eigenvalue weighted by Gasteiger charge is 2.26. The average molecular weight is 464 g/mol. The van der Waals surface area contributed by atoms with Gasteiger partial charge in [0.2, 0.25) is 0 Å². The molecular formula is C26H24O8. The van der Waals surface area contributed by atoms with Gasteiger partial charge in [0.15, 0.2) is 6.10 Å². The maximum atomic E-state index is 13.0. The second kappa shape index (κ2) is 12.1. The molecule has 0 aromatic heterocycles. The van der Waals surface area contributed by atoms with Crippen molar-refractivity contribution in [1.29, 1.82) is 0 Å². The third-order valence-corrected chi connectivity index (χ3v) is 4.73. The first-order valence-electron chi connectivity index (χ1n) is 10.4. The quantitative estimate of drug-likeness (QED) is 0.329. The number of esters is 3. The highest BCUT2D eigenvalue weighted by molar-refractivity contribution is 5.96. The summed E-state index contributed by atoms with van der Waals surface area (Å²) >= 11 is 0. The van der Waals surface area contributed by atoms with Crippen LogP contribution >= 0.6 is 0 Å². The third-order valence-electron chi connectivity index (χ3n) is 4.73. The Hall–Kier alpha value is -4.33. The molecule has 0 N–H and O–H groups in total. The highest BCUT2D eigenvalue weighted by Crippen LogP contribution is 2.29. The fraction of sp³-hybridized carbons (Fsp3) is 0.192. The maximum Gasteiger partial charge on any atom is 0.346 e.